The second-order valence-electron chi connectivity index (χ2n) is 5.64. The summed E-state index contributed by atoms with van der Waals surface area (Å²) in [6, 6.07) is 12.1. The highest BCUT2D eigenvalue weighted by Crippen LogP contribution is 2.26. The average molecular weight is 548 g/mol. The Labute approximate surface area is 169 Å². The van der Waals surface area contributed by atoms with Gasteiger partial charge in [0.2, 0.25) is 0 Å². The van der Waals surface area contributed by atoms with Crippen LogP contribution in [0, 0.1) is 7.14 Å². The number of nitrogens with zero attached hydrogens (tertiary/aromatic N) is 2. The Morgan fingerprint density at radius 2 is 1.83 bits per heavy atom. The Hall–Kier alpha value is -0.710. The monoisotopic (exact) mass is 548 g/mol. The molecule has 0 amide bonds. The lowest BCUT2D eigenvalue weighted by Crippen LogP contribution is -2.35. The zero-order valence-electron chi connectivity index (χ0n) is 13.1. The molecule has 6 heteroatoms. The second-order valence-corrected chi connectivity index (χ2v) is 8.05. The molecule has 0 unspecified atom stereocenters. The number of rotatable bonds is 4. The van der Waals surface area contributed by atoms with Gasteiger partial charge in [0.15, 0.2) is 0 Å². The number of ether oxygens (including phenoxy) is 1. The number of hydrogen-bond donors (Lipinski definition) is 1. The first-order chi connectivity index (χ1) is 11.6. The zero-order valence-corrected chi connectivity index (χ0v) is 17.4. The van der Waals surface area contributed by atoms with Gasteiger partial charge in [-0.05, 0) is 75.0 Å². The summed E-state index contributed by atoms with van der Waals surface area (Å²) < 4.78 is 7.29. The molecule has 0 bridgehead atoms. The molecule has 1 aliphatic heterocycles. The van der Waals surface area contributed by atoms with E-state index >= 15 is 0 Å². The minimum atomic E-state index is 0.281. The predicted molar refractivity (Wildman–Crippen MR) is 113 cm³/mol. The molecule has 1 N–H and O–H groups in total. The molecule has 4 nitrogen and oxygen atoms in total. The number of morpholine rings is 1. The van der Waals surface area contributed by atoms with Crippen LogP contribution in [0.15, 0.2) is 41.4 Å². The van der Waals surface area contributed by atoms with Crippen LogP contribution in [0.3, 0.4) is 0 Å². The van der Waals surface area contributed by atoms with Crippen molar-refractivity contribution in [1.82, 2.24) is 4.90 Å². The first kappa shape index (κ1) is 18.1. The molecule has 2 aromatic carbocycles. The third kappa shape index (κ3) is 4.90. The molecule has 1 saturated heterocycles. The van der Waals surface area contributed by atoms with Crippen LogP contribution in [0.5, 0.6) is 5.75 Å². The number of aromatic hydroxyl groups is 1. The van der Waals surface area contributed by atoms with Gasteiger partial charge in [-0.2, -0.15) is 0 Å². The maximum absolute atomic E-state index is 10.1. The molecule has 0 spiro atoms. The minimum Gasteiger partial charge on any atom is -0.506 e. The van der Waals surface area contributed by atoms with Crippen LogP contribution < -0.4 is 0 Å². The number of benzene rings is 2. The lowest BCUT2D eigenvalue weighted by atomic mass is 10.2. The fourth-order valence-electron chi connectivity index (χ4n) is 2.53. The van der Waals surface area contributed by atoms with Gasteiger partial charge in [0.05, 0.1) is 22.5 Å². The van der Waals surface area contributed by atoms with Crippen LogP contribution in [0.1, 0.15) is 11.1 Å². The minimum absolute atomic E-state index is 0.281. The topological polar surface area (TPSA) is 45.1 Å². The first-order valence-corrected chi connectivity index (χ1v) is 9.89. The maximum atomic E-state index is 10.1. The molecule has 3 rings (SSSR count). The Morgan fingerprint density at radius 3 is 2.54 bits per heavy atom. The van der Waals surface area contributed by atoms with Crippen LogP contribution in [0.4, 0.5) is 5.69 Å². The summed E-state index contributed by atoms with van der Waals surface area (Å²) in [6.07, 6.45) is 1.72. The lowest BCUT2D eigenvalue weighted by molar-refractivity contribution is 0.0342. The Morgan fingerprint density at radius 1 is 1.12 bits per heavy atom. The molecule has 1 heterocycles. The summed E-state index contributed by atoms with van der Waals surface area (Å²) in [5, 5.41) is 10.1. The van der Waals surface area contributed by atoms with Crippen LogP contribution in [0.2, 0.25) is 0 Å². The lowest BCUT2D eigenvalue weighted by Gasteiger charge is -2.26. The zero-order chi connectivity index (χ0) is 16.9. The van der Waals surface area contributed by atoms with E-state index in [4.69, 9.17) is 4.74 Å². The van der Waals surface area contributed by atoms with Crippen molar-refractivity contribution in [3.63, 3.8) is 0 Å². The normalized spacial score (nSPS) is 15.9. The molecule has 1 aliphatic rings. The van der Waals surface area contributed by atoms with Crippen LogP contribution in [-0.4, -0.2) is 42.5 Å². The van der Waals surface area contributed by atoms with Gasteiger partial charge >= 0.3 is 0 Å². The van der Waals surface area contributed by atoms with E-state index in [9.17, 15) is 5.11 Å². The van der Waals surface area contributed by atoms with Gasteiger partial charge in [0.25, 0.3) is 0 Å². The maximum Gasteiger partial charge on any atom is 0.137 e. The summed E-state index contributed by atoms with van der Waals surface area (Å²) in [6.45, 7) is 4.57. The quantitative estimate of drug-likeness (QED) is 0.461. The fourth-order valence-corrected chi connectivity index (χ4v) is 4.42. The van der Waals surface area contributed by atoms with Gasteiger partial charge in [-0.3, -0.25) is 9.89 Å². The van der Waals surface area contributed by atoms with Crippen molar-refractivity contribution >= 4 is 57.1 Å². The molecular weight excluding hydrogens is 530 g/mol. The second kappa shape index (κ2) is 8.59. The standard InChI is InChI=1S/C18H18I2N2O2/c19-15-9-14(18(23)17(20)10-15)11-21-16-3-1-13(2-4-16)12-22-5-7-24-8-6-22/h1-4,9-11,23H,5-8,12H2. The molecule has 1 fully saturated rings. The van der Waals surface area contributed by atoms with E-state index in [2.05, 4.69) is 67.2 Å². The number of aliphatic imine (C=N–C) groups is 1. The Balaban J connectivity index is 1.67. The summed E-state index contributed by atoms with van der Waals surface area (Å²) in [5.74, 6) is 0.281. The van der Waals surface area contributed by atoms with E-state index in [1.807, 2.05) is 24.3 Å². The SMILES string of the molecule is Oc1c(I)cc(I)cc1C=Nc1ccc(CN2CCOCC2)cc1. The number of halogens is 2. The number of phenols is 1. The number of phenolic OH excluding ortho intramolecular Hbond substituents is 1. The van der Waals surface area contributed by atoms with E-state index < -0.39 is 0 Å². The van der Waals surface area contributed by atoms with Crippen LogP contribution >= 0.6 is 45.2 Å². The van der Waals surface area contributed by atoms with Crippen molar-refractivity contribution in [2.75, 3.05) is 26.3 Å². The summed E-state index contributed by atoms with van der Waals surface area (Å²) in [4.78, 5) is 6.88. The van der Waals surface area contributed by atoms with Crippen molar-refractivity contribution in [3.8, 4) is 5.75 Å². The van der Waals surface area contributed by atoms with E-state index in [1.165, 1.54) is 5.56 Å². The summed E-state index contributed by atoms with van der Waals surface area (Å²) in [5.41, 5.74) is 2.90. The van der Waals surface area contributed by atoms with E-state index in [0.29, 0.717) is 0 Å². The Kier molecular flexibility index (Phi) is 6.48. The average Bonchev–Trinajstić information content (AvgIpc) is 2.59. The number of hydrogen-bond acceptors (Lipinski definition) is 4. The highest BCUT2D eigenvalue weighted by atomic mass is 127. The molecule has 24 heavy (non-hydrogen) atoms. The van der Waals surface area contributed by atoms with Gasteiger partial charge in [-0.25, -0.2) is 0 Å². The van der Waals surface area contributed by atoms with Gasteiger partial charge in [0.1, 0.15) is 5.75 Å². The molecule has 0 saturated carbocycles. The summed E-state index contributed by atoms with van der Waals surface area (Å²) in [7, 11) is 0. The molecule has 0 atom stereocenters. The van der Waals surface area contributed by atoms with Crippen LogP contribution in [-0.2, 0) is 11.3 Å². The highest BCUT2D eigenvalue weighted by Gasteiger charge is 2.10. The predicted octanol–water partition coefficient (Wildman–Crippen LogP) is 4.18. The highest BCUT2D eigenvalue weighted by molar-refractivity contribution is 14.1. The third-order valence-corrected chi connectivity index (χ3v) is 5.30. The van der Waals surface area contributed by atoms with Crippen molar-refractivity contribution in [2.24, 2.45) is 4.99 Å². The largest absolute Gasteiger partial charge is 0.506 e. The molecule has 126 valence electrons. The van der Waals surface area contributed by atoms with Gasteiger partial charge in [0, 0.05) is 35.0 Å². The van der Waals surface area contributed by atoms with E-state index in [-0.39, 0.29) is 5.75 Å². The van der Waals surface area contributed by atoms with Gasteiger partial charge < -0.3 is 9.84 Å². The van der Waals surface area contributed by atoms with E-state index in [0.717, 1.165) is 51.2 Å². The molecule has 2 aromatic rings. The van der Waals surface area contributed by atoms with Gasteiger partial charge in [-0.1, -0.05) is 12.1 Å². The van der Waals surface area contributed by atoms with E-state index in [1.54, 1.807) is 6.21 Å². The van der Waals surface area contributed by atoms with Crippen LogP contribution in [0.25, 0.3) is 0 Å². The Bertz CT molecular complexity index is 727. The van der Waals surface area contributed by atoms with Gasteiger partial charge in [-0.15, -0.1) is 0 Å². The molecule has 0 radical (unpaired) electrons. The van der Waals surface area contributed by atoms with Crippen molar-refractivity contribution in [2.45, 2.75) is 6.54 Å². The van der Waals surface area contributed by atoms with Crippen molar-refractivity contribution in [3.05, 3.63) is 54.7 Å². The molecule has 0 aromatic heterocycles. The molecule has 0 aliphatic carbocycles. The summed E-state index contributed by atoms with van der Waals surface area (Å²) >= 11 is 4.37. The first-order valence-electron chi connectivity index (χ1n) is 7.73. The fraction of sp³-hybridized carbons (Fsp3) is 0.278. The van der Waals surface area contributed by atoms with Crippen molar-refractivity contribution < 1.29 is 9.84 Å². The van der Waals surface area contributed by atoms with Crippen molar-refractivity contribution in [1.29, 1.82) is 0 Å². The molecular formula is C18H18I2N2O2. The third-order valence-electron chi connectivity index (χ3n) is 3.86. The smallest absolute Gasteiger partial charge is 0.137 e.